The number of aromatic carboxylic acids is 1. The van der Waals surface area contributed by atoms with Gasteiger partial charge in [-0.05, 0) is 6.07 Å². The largest absolute Gasteiger partial charge is 0.478 e. The molecule has 110 valence electrons. The predicted molar refractivity (Wildman–Crippen MR) is 69.0 cm³/mol. The third-order valence-electron chi connectivity index (χ3n) is 2.98. The molecule has 21 heavy (non-hydrogen) atoms. The average molecular weight is 295 g/mol. The number of pyridine rings is 1. The first-order valence-corrected chi connectivity index (χ1v) is 5.94. The van der Waals surface area contributed by atoms with Crippen LogP contribution in [-0.2, 0) is 13.2 Å². The van der Waals surface area contributed by atoms with E-state index < -0.39 is 29.8 Å². The van der Waals surface area contributed by atoms with E-state index in [0.717, 1.165) is 22.9 Å². The first-order valence-electron chi connectivity index (χ1n) is 5.94. The van der Waals surface area contributed by atoms with Gasteiger partial charge >= 0.3 is 5.97 Å². The molecule has 0 atom stereocenters. The van der Waals surface area contributed by atoms with Gasteiger partial charge in [-0.15, -0.1) is 0 Å². The molecule has 1 aromatic carbocycles. The van der Waals surface area contributed by atoms with Gasteiger partial charge in [-0.3, -0.25) is 4.79 Å². The van der Waals surface area contributed by atoms with Gasteiger partial charge in [0.25, 0.3) is 5.56 Å². The van der Waals surface area contributed by atoms with Crippen molar-refractivity contribution in [3.63, 3.8) is 0 Å². The predicted octanol–water partition coefficient (Wildman–Crippen LogP) is 1.37. The fraction of sp³-hybridized carbons (Fsp3) is 0.143. The van der Waals surface area contributed by atoms with Gasteiger partial charge in [-0.2, -0.15) is 0 Å². The molecule has 7 heteroatoms. The monoisotopic (exact) mass is 295 g/mol. The van der Waals surface area contributed by atoms with Gasteiger partial charge in [0.05, 0.1) is 18.7 Å². The van der Waals surface area contributed by atoms with Crippen molar-refractivity contribution in [3.8, 4) is 0 Å². The molecule has 0 bridgehead atoms. The minimum absolute atomic E-state index is 0.116. The molecule has 2 rings (SSSR count). The number of nitrogens with zero attached hydrogens (tertiary/aromatic N) is 1. The smallest absolute Gasteiger partial charge is 0.337 e. The fourth-order valence-electron chi connectivity index (χ4n) is 1.84. The van der Waals surface area contributed by atoms with Crippen molar-refractivity contribution in [3.05, 3.63) is 69.1 Å². The van der Waals surface area contributed by atoms with Crippen molar-refractivity contribution in [2.45, 2.75) is 13.2 Å². The lowest BCUT2D eigenvalue weighted by molar-refractivity contribution is 0.0696. The molecule has 0 aliphatic heterocycles. The number of carboxylic acids is 1. The minimum Gasteiger partial charge on any atom is -0.478 e. The van der Waals surface area contributed by atoms with Crippen molar-refractivity contribution in [2.75, 3.05) is 0 Å². The highest BCUT2D eigenvalue weighted by Crippen LogP contribution is 2.17. The van der Waals surface area contributed by atoms with Crippen LogP contribution in [0.15, 0.2) is 35.3 Å². The number of halogens is 2. The van der Waals surface area contributed by atoms with Gasteiger partial charge < -0.3 is 14.8 Å². The van der Waals surface area contributed by atoms with Crippen molar-refractivity contribution in [1.29, 1.82) is 0 Å². The number of carboxylic acid groups (broad SMARTS) is 1. The summed E-state index contributed by atoms with van der Waals surface area (Å²) in [5, 5.41) is 17.7. The van der Waals surface area contributed by atoms with Gasteiger partial charge in [-0.1, -0.05) is 12.1 Å². The maximum atomic E-state index is 13.8. The summed E-state index contributed by atoms with van der Waals surface area (Å²) in [5.41, 5.74) is -0.981. The van der Waals surface area contributed by atoms with Crippen molar-refractivity contribution in [1.82, 2.24) is 4.57 Å². The standard InChI is InChI=1S/C14H11F2NO4/c15-12-8(1-2-10(7-18)13(12)16)5-17-6-9(14(20)21)3-4-11(17)19/h1-4,6,18H,5,7H2,(H,20,21). The number of aromatic nitrogens is 1. The van der Waals surface area contributed by atoms with E-state index in [2.05, 4.69) is 0 Å². The third kappa shape index (κ3) is 2.97. The van der Waals surface area contributed by atoms with E-state index in [1.807, 2.05) is 0 Å². The number of benzene rings is 1. The molecule has 1 aromatic heterocycles. The molecular weight excluding hydrogens is 284 g/mol. The molecule has 2 aromatic rings. The van der Waals surface area contributed by atoms with Crippen LogP contribution < -0.4 is 5.56 Å². The summed E-state index contributed by atoms with van der Waals surface area (Å²) in [7, 11) is 0. The molecule has 0 aliphatic rings. The van der Waals surface area contributed by atoms with E-state index in [9.17, 15) is 18.4 Å². The Morgan fingerprint density at radius 2 is 1.71 bits per heavy atom. The summed E-state index contributed by atoms with van der Waals surface area (Å²) in [6.07, 6.45) is 1.06. The van der Waals surface area contributed by atoms with Crippen molar-refractivity contribution < 1.29 is 23.8 Å². The molecule has 0 fully saturated rings. The number of aliphatic hydroxyl groups excluding tert-OH is 1. The zero-order valence-corrected chi connectivity index (χ0v) is 10.7. The topological polar surface area (TPSA) is 79.5 Å². The van der Waals surface area contributed by atoms with Crippen molar-refractivity contribution in [2.24, 2.45) is 0 Å². The molecule has 0 radical (unpaired) electrons. The van der Waals surface area contributed by atoms with E-state index >= 15 is 0 Å². The lowest BCUT2D eigenvalue weighted by Crippen LogP contribution is -2.21. The summed E-state index contributed by atoms with van der Waals surface area (Å²) in [5.74, 6) is -3.59. The summed E-state index contributed by atoms with van der Waals surface area (Å²) in [6.45, 7) is -0.952. The maximum absolute atomic E-state index is 13.8. The van der Waals surface area contributed by atoms with Gasteiger partial charge in [0.15, 0.2) is 11.6 Å². The number of carbonyl (C=O) groups is 1. The number of hydrogen-bond donors (Lipinski definition) is 2. The molecule has 0 saturated carbocycles. The van der Waals surface area contributed by atoms with E-state index in [1.165, 1.54) is 12.1 Å². The van der Waals surface area contributed by atoms with Crippen LogP contribution in [0.25, 0.3) is 0 Å². The maximum Gasteiger partial charge on any atom is 0.337 e. The highest BCUT2D eigenvalue weighted by atomic mass is 19.2. The quantitative estimate of drug-likeness (QED) is 0.892. The van der Waals surface area contributed by atoms with Crippen LogP contribution in [0.4, 0.5) is 8.78 Å². The summed E-state index contributed by atoms with van der Waals surface area (Å²) in [6, 6.07) is 4.62. The highest BCUT2D eigenvalue weighted by Gasteiger charge is 2.14. The molecule has 0 amide bonds. The first kappa shape index (κ1) is 14.9. The lowest BCUT2D eigenvalue weighted by Gasteiger charge is -2.09. The van der Waals surface area contributed by atoms with Gasteiger partial charge in [-0.25, -0.2) is 13.6 Å². The van der Waals surface area contributed by atoms with E-state index in [-0.39, 0.29) is 23.2 Å². The Hall–Kier alpha value is -2.54. The van der Waals surface area contributed by atoms with Gasteiger partial charge in [0, 0.05) is 23.4 Å². The van der Waals surface area contributed by atoms with E-state index in [0.29, 0.717) is 0 Å². The summed E-state index contributed by atoms with van der Waals surface area (Å²) < 4.78 is 28.3. The lowest BCUT2D eigenvalue weighted by atomic mass is 10.1. The van der Waals surface area contributed by atoms with Crippen LogP contribution in [0.3, 0.4) is 0 Å². The van der Waals surface area contributed by atoms with Crippen LogP contribution >= 0.6 is 0 Å². The fourth-order valence-corrected chi connectivity index (χ4v) is 1.84. The molecule has 0 unspecified atom stereocenters. The Bertz CT molecular complexity index is 755. The molecule has 1 heterocycles. The Labute approximate surface area is 117 Å². The zero-order valence-electron chi connectivity index (χ0n) is 10.7. The Kier molecular flexibility index (Phi) is 4.13. The van der Waals surface area contributed by atoms with Crippen LogP contribution in [0.2, 0.25) is 0 Å². The molecule has 0 spiro atoms. The van der Waals surface area contributed by atoms with E-state index in [1.54, 1.807) is 0 Å². The molecule has 0 saturated heterocycles. The third-order valence-corrected chi connectivity index (χ3v) is 2.98. The van der Waals surface area contributed by atoms with Crippen LogP contribution in [0.5, 0.6) is 0 Å². The minimum atomic E-state index is -1.23. The van der Waals surface area contributed by atoms with Gasteiger partial charge in [0.2, 0.25) is 0 Å². The molecule has 5 nitrogen and oxygen atoms in total. The number of rotatable bonds is 4. The normalized spacial score (nSPS) is 10.6. The Balaban J connectivity index is 2.43. The summed E-state index contributed by atoms with van der Waals surface area (Å²) in [4.78, 5) is 22.5. The Morgan fingerprint density at radius 3 is 2.33 bits per heavy atom. The average Bonchev–Trinajstić information content (AvgIpc) is 2.46. The SMILES string of the molecule is O=C(O)c1ccc(=O)n(Cc2ccc(CO)c(F)c2F)c1. The molecular formula is C14H11F2NO4. The second kappa shape index (κ2) is 5.84. The van der Waals surface area contributed by atoms with Crippen molar-refractivity contribution >= 4 is 5.97 Å². The number of hydrogen-bond acceptors (Lipinski definition) is 3. The molecule has 0 aliphatic carbocycles. The second-order valence-electron chi connectivity index (χ2n) is 4.36. The highest BCUT2D eigenvalue weighted by molar-refractivity contribution is 5.87. The second-order valence-corrected chi connectivity index (χ2v) is 4.36. The van der Waals surface area contributed by atoms with Crippen LogP contribution in [0, 0.1) is 11.6 Å². The Morgan fingerprint density at radius 1 is 1.10 bits per heavy atom. The van der Waals surface area contributed by atoms with E-state index in [4.69, 9.17) is 10.2 Å². The number of aliphatic hydroxyl groups is 1. The van der Waals surface area contributed by atoms with Gasteiger partial charge in [0.1, 0.15) is 0 Å². The van der Waals surface area contributed by atoms with Crippen LogP contribution in [0.1, 0.15) is 21.5 Å². The van der Waals surface area contributed by atoms with Crippen LogP contribution in [-0.4, -0.2) is 20.7 Å². The molecule has 2 N–H and O–H groups in total. The summed E-state index contributed by atoms with van der Waals surface area (Å²) >= 11 is 0. The zero-order chi connectivity index (χ0) is 15.6. The first-order chi connectivity index (χ1) is 9.93.